The Hall–Kier alpha value is -1.88. The van der Waals surface area contributed by atoms with Crippen LogP contribution in [0.1, 0.15) is 44.5 Å². The van der Waals surface area contributed by atoms with Gasteiger partial charge in [0, 0.05) is 12.5 Å². The zero-order valence-corrected chi connectivity index (χ0v) is 13.1. The van der Waals surface area contributed by atoms with Crippen molar-refractivity contribution in [3.05, 3.63) is 29.8 Å². The number of ether oxygens (including phenoxy) is 1. The number of esters is 1. The van der Waals surface area contributed by atoms with Crippen LogP contribution in [0.15, 0.2) is 24.3 Å². The van der Waals surface area contributed by atoms with Gasteiger partial charge in [-0.1, -0.05) is 32.9 Å². The van der Waals surface area contributed by atoms with Crippen molar-refractivity contribution in [2.75, 3.05) is 11.9 Å². The van der Waals surface area contributed by atoms with Crippen LogP contribution in [0, 0.1) is 5.41 Å². The molecule has 1 aromatic carbocycles. The molecule has 5 nitrogen and oxygen atoms in total. The summed E-state index contributed by atoms with van der Waals surface area (Å²) < 4.78 is 4.97. The summed E-state index contributed by atoms with van der Waals surface area (Å²) in [5.74, 6) is -0.664. The molecule has 0 bridgehead atoms. The first-order valence-electron chi connectivity index (χ1n) is 7.07. The third kappa shape index (κ3) is 5.19. The Morgan fingerprint density at radius 1 is 1.29 bits per heavy atom. The van der Waals surface area contributed by atoms with Crippen LogP contribution in [0.4, 0.5) is 5.69 Å². The number of para-hydroxylation sites is 1. The number of benzene rings is 1. The molecule has 1 aromatic rings. The third-order valence-electron chi connectivity index (χ3n) is 3.21. The van der Waals surface area contributed by atoms with Crippen molar-refractivity contribution in [3.63, 3.8) is 0 Å². The summed E-state index contributed by atoms with van der Waals surface area (Å²) >= 11 is 0. The molecule has 0 heterocycles. The van der Waals surface area contributed by atoms with Gasteiger partial charge in [0.25, 0.3) is 0 Å². The molecule has 0 fully saturated rings. The Bertz CT molecular complexity index is 506. The molecule has 0 aromatic heterocycles. The summed E-state index contributed by atoms with van der Waals surface area (Å²) in [6.45, 7) is 7.98. The van der Waals surface area contributed by atoms with Crippen molar-refractivity contribution in [2.45, 2.75) is 40.2 Å². The Kier molecular flexibility index (Phi) is 5.90. The van der Waals surface area contributed by atoms with Crippen LogP contribution in [0.3, 0.4) is 0 Å². The molecule has 0 aliphatic rings. The molecule has 21 heavy (non-hydrogen) atoms. The lowest BCUT2D eigenvalue weighted by atomic mass is 9.85. The molecule has 5 heteroatoms. The fraction of sp³-hybridized carbons (Fsp3) is 0.500. The number of nitrogens with one attached hydrogen (secondary N) is 1. The average molecular weight is 292 g/mol. The average Bonchev–Trinajstić information content (AvgIpc) is 2.38. The molecule has 0 aliphatic heterocycles. The second kappa shape index (κ2) is 7.22. The Labute approximate surface area is 125 Å². The number of amides is 1. The molecule has 3 N–H and O–H groups in total. The zero-order valence-electron chi connectivity index (χ0n) is 13.1. The fourth-order valence-electron chi connectivity index (χ4n) is 1.69. The van der Waals surface area contributed by atoms with E-state index in [0.717, 1.165) is 0 Å². The summed E-state index contributed by atoms with van der Waals surface area (Å²) in [6, 6.07) is 6.52. The van der Waals surface area contributed by atoms with Crippen LogP contribution >= 0.6 is 0 Å². The standard InChI is InChI=1S/C16H24N2O3/c1-5-21-15(20)11-8-6-7-9-12(11)18-14(19)10-13(17)16(2,3)4/h6-9,13H,5,10,17H2,1-4H3,(H,18,19). The first kappa shape index (κ1) is 17.2. The number of rotatable bonds is 5. The van der Waals surface area contributed by atoms with Gasteiger partial charge in [0.05, 0.1) is 17.9 Å². The van der Waals surface area contributed by atoms with Gasteiger partial charge >= 0.3 is 5.97 Å². The van der Waals surface area contributed by atoms with Crippen molar-refractivity contribution in [2.24, 2.45) is 11.1 Å². The summed E-state index contributed by atoms with van der Waals surface area (Å²) in [6.07, 6.45) is 0.195. The van der Waals surface area contributed by atoms with Crippen molar-refractivity contribution in [1.82, 2.24) is 0 Å². The van der Waals surface area contributed by atoms with E-state index in [-0.39, 0.29) is 30.4 Å². The molecule has 116 valence electrons. The number of nitrogens with two attached hydrogens (primary N) is 1. The van der Waals surface area contributed by atoms with Crippen molar-refractivity contribution >= 4 is 17.6 Å². The van der Waals surface area contributed by atoms with E-state index in [1.807, 2.05) is 20.8 Å². The van der Waals surface area contributed by atoms with Crippen molar-refractivity contribution < 1.29 is 14.3 Å². The molecule has 0 radical (unpaired) electrons. The molecular formula is C16H24N2O3. The van der Waals surface area contributed by atoms with E-state index in [4.69, 9.17) is 10.5 Å². The highest BCUT2D eigenvalue weighted by Crippen LogP contribution is 2.21. The summed E-state index contributed by atoms with van der Waals surface area (Å²) in [7, 11) is 0. The van der Waals surface area contributed by atoms with Gasteiger partial charge in [0.2, 0.25) is 5.91 Å². The van der Waals surface area contributed by atoms with Crippen LogP contribution < -0.4 is 11.1 Å². The van der Waals surface area contributed by atoms with E-state index in [9.17, 15) is 9.59 Å². The van der Waals surface area contributed by atoms with Gasteiger partial charge in [0.15, 0.2) is 0 Å². The van der Waals surface area contributed by atoms with Crippen LogP contribution in [-0.2, 0) is 9.53 Å². The second-order valence-electron chi connectivity index (χ2n) is 5.99. The molecule has 1 unspecified atom stereocenters. The van der Waals surface area contributed by atoms with Gasteiger partial charge in [-0.3, -0.25) is 4.79 Å². The first-order valence-corrected chi connectivity index (χ1v) is 7.07. The molecular weight excluding hydrogens is 268 g/mol. The number of carbonyl (C=O) groups is 2. The van der Waals surface area contributed by atoms with Gasteiger partial charge < -0.3 is 15.8 Å². The summed E-state index contributed by atoms with van der Waals surface area (Å²) in [4.78, 5) is 23.9. The Balaban J connectivity index is 2.79. The van der Waals surface area contributed by atoms with Crippen LogP contribution in [-0.4, -0.2) is 24.5 Å². The summed E-state index contributed by atoms with van der Waals surface area (Å²) in [5, 5.41) is 2.73. The zero-order chi connectivity index (χ0) is 16.0. The minimum absolute atomic E-state index is 0.155. The largest absolute Gasteiger partial charge is 0.462 e. The maximum Gasteiger partial charge on any atom is 0.340 e. The number of hydrogen-bond donors (Lipinski definition) is 2. The third-order valence-corrected chi connectivity index (χ3v) is 3.21. The van der Waals surface area contributed by atoms with E-state index in [1.54, 1.807) is 31.2 Å². The van der Waals surface area contributed by atoms with Crippen LogP contribution in [0.25, 0.3) is 0 Å². The minimum Gasteiger partial charge on any atom is -0.462 e. The molecule has 0 spiro atoms. The van der Waals surface area contributed by atoms with E-state index < -0.39 is 5.97 Å². The molecule has 1 rings (SSSR count). The highest BCUT2D eigenvalue weighted by Gasteiger charge is 2.23. The van der Waals surface area contributed by atoms with Gasteiger partial charge in [-0.25, -0.2) is 4.79 Å². The molecule has 0 aliphatic carbocycles. The molecule has 0 saturated carbocycles. The maximum atomic E-state index is 12.1. The number of anilines is 1. The monoisotopic (exact) mass is 292 g/mol. The van der Waals surface area contributed by atoms with Gasteiger partial charge in [-0.15, -0.1) is 0 Å². The van der Waals surface area contributed by atoms with Crippen molar-refractivity contribution in [3.8, 4) is 0 Å². The van der Waals surface area contributed by atoms with E-state index >= 15 is 0 Å². The highest BCUT2D eigenvalue weighted by molar-refractivity contribution is 6.01. The van der Waals surface area contributed by atoms with E-state index in [0.29, 0.717) is 11.3 Å². The molecule has 1 amide bonds. The fourth-order valence-corrected chi connectivity index (χ4v) is 1.69. The molecule has 0 saturated heterocycles. The Morgan fingerprint density at radius 2 is 1.90 bits per heavy atom. The lowest BCUT2D eigenvalue weighted by Gasteiger charge is -2.26. The normalized spacial score (nSPS) is 12.6. The Morgan fingerprint density at radius 3 is 2.48 bits per heavy atom. The lowest BCUT2D eigenvalue weighted by molar-refractivity contribution is -0.117. The first-order chi connectivity index (χ1) is 9.75. The van der Waals surface area contributed by atoms with Gasteiger partial charge in [-0.2, -0.15) is 0 Å². The quantitative estimate of drug-likeness (QED) is 0.817. The maximum absolute atomic E-state index is 12.1. The topological polar surface area (TPSA) is 81.4 Å². The second-order valence-corrected chi connectivity index (χ2v) is 5.99. The van der Waals surface area contributed by atoms with Gasteiger partial charge in [0.1, 0.15) is 0 Å². The lowest BCUT2D eigenvalue weighted by Crippen LogP contribution is -2.38. The van der Waals surface area contributed by atoms with E-state index in [2.05, 4.69) is 5.32 Å². The molecule has 1 atom stereocenters. The van der Waals surface area contributed by atoms with Crippen LogP contribution in [0.2, 0.25) is 0 Å². The number of carbonyl (C=O) groups excluding carboxylic acids is 2. The predicted molar refractivity (Wildman–Crippen MR) is 83.1 cm³/mol. The van der Waals surface area contributed by atoms with Crippen molar-refractivity contribution in [1.29, 1.82) is 0 Å². The van der Waals surface area contributed by atoms with E-state index in [1.165, 1.54) is 0 Å². The summed E-state index contributed by atoms with van der Waals surface area (Å²) in [5.41, 5.74) is 6.63. The van der Waals surface area contributed by atoms with Gasteiger partial charge in [-0.05, 0) is 24.5 Å². The minimum atomic E-state index is -0.450. The SMILES string of the molecule is CCOC(=O)c1ccccc1NC(=O)CC(N)C(C)(C)C. The smallest absolute Gasteiger partial charge is 0.340 e. The predicted octanol–water partition coefficient (Wildman–Crippen LogP) is 2.57. The van der Waals surface area contributed by atoms with Crippen LogP contribution in [0.5, 0.6) is 0 Å². The highest BCUT2D eigenvalue weighted by atomic mass is 16.5. The number of hydrogen-bond acceptors (Lipinski definition) is 4.